The van der Waals surface area contributed by atoms with Gasteiger partial charge in [-0.15, -0.1) is 0 Å². The molecule has 0 spiro atoms. The Hall–Kier alpha value is -2.54. The zero-order valence-electron chi connectivity index (χ0n) is 15.3. The summed E-state index contributed by atoms with van der Waals surface area (Å²) >= 11 is 0. The van der Waals surface area contributed by atoms with Crippen molar-refractivity contribution in [1.29, 1.82) is 0 Å². The van der Waals surface area contributed by atoms with Crippen LogP contribution in [0.4, 0.5) is 5.69 Å². The molecule has 0 atom stereocenters. The molecule has 144 valence electrons. The number of hydrogen-bond donors (Lipinski definition) is 1. The number of anilines is 1. The van der Waals surface area contributed by atoms with Gasteiger partial charge in [-0.1, -0.05) is 17.7 Å². The lowest BCUT2D eigenvalue weighted by molar-refractivity contribution is -0.131. The van der Waals surface area contributed by atoms with Crippen LogP contribution in [-0.4, -0.2) is 56.3 Å². The van der Waals surface area contributed by atoms with Crippen molar-refractivity contribution in [2.45, 2.75) is 18.2 Å². The summed E-state index contributed by atoms with van der Waals surface area (Å²) in [5, 5.41) is 9.37. The van der Waals surface area contributed by atoms with Crippen LogP contribution in [0.3, 0.4) is 0 Å². The Labute approximate surface area is 160 Å². The number of rotatable bonds is 5. The van der Waals surface area contributed by atoms with Crippen molar-refractivity contribution in [3.8, 4) is 5.75 Å². The minimum absolute atomic E-state index is 0.00454. The van der Waals surface area contributed by atoms with Crippen molar-refractivity contribution in [2.24, 2.45) is 0 Å². The van der Waals surface area contributed by atoms with Gasteiger partial charge in [-0.2, -0.15) is 0 Å². The number of phenols is 1. The highest BCUT2D eigenvalue weighted by atomic mass is 32.2. The maximum atomic E-state index is 12.4. The van der Waals surface area contributed by atoms with Crippen LogP contribution < -0.4 is 4.90 Å². The second-order valence-electron chi connectivity index (χ2n) is 6.77. The van der Waals surface area contributed by atoms with E-state index in [4.69, 9.17) is 0 Å². The molecule has 0 unspecified atom stereocenters. The van der Waals surface area contributed by atoms with E-state index in [9.17, 15) is 18.3 Å². The maximum absolute atomic E-state index is 12.4. The van der Waals surface area contributed by atoms with E-state index >= 15 is 0 Å². The normalized spacial score (nSPS) is 15.0. The fraction of sp³-hybridized carbons (Fsp3) is 0.350. The van der Waals surface area contributed by atoms with Crippen LogP contribution in [0.5, 0.6) is 5.75 Å². The van der Waals surface area contributed by atoms with E-state index in [0.29, 0.717) is 26.2 Å². The number of benzene rings is 2. The summed E-state index contributed by atoms with van der Waals surface area (Å²) in [5.41, 5.74) is 2.00. The standard InChI is InChI=1S/C20H24N2O4S/c1-16-2-8-19(9-3-16)27(25,26)15-10-20(24)22-13-11-21(12-14-22)17-4-6-18(23)7-5-17/h2-9,23H,10-15H2,1H3. The first-order valence-electron chi connectivity index (χ1n) is 8.96. The number of piperazine rings is 1. The van der Waals surface area contributed by atoms with Gasteiger partial charge in [0.05, 0.1) is 10.6 Å². The number of sulfone groups is 1. The summed E-state index contributed by atoms with van der Waals surface area (Å²) in [5.74, 6) is -0.0778. The van der Waals surface area contributed by atoms with Gasteiger partial charge in [0.2, 0.25) is 5.91 Å². The summed E-state index contributed by atoms with van der Waals surface area (Å²) < 4.78 is 24.8. The minimum atomic E-state index is -3.45. The van der Waals surface area contributed by atoms with Crippen LogP contribution in [0.1, 0.15) is 12.0 Å². The summed E-state index contributed by atoms with van der Waals surface area (Å²) in [6.07, 6.45) is -0.00454. The first-order chi connectivity index (χ1) is 12.8. The smallest absolute Gasteiger partial charge is 0.223 e. The third-order valence-corrected chi connectivity index (χ3v) is 6.54. The number of aromatic hydroxyl groups is 1. The quantitative estimate of drug-likeness (QED) is 0.850. The molecule has 0 radical (unpaired) electrons. The summed E-state index contributed by atoms with van der Waals surface area (Å²) in [6.45, 7) is 4.38. The predicted octanol–water partition coefficient (Wildman–Crippen LogP) is 2.21. The van der Waals surface area contributed by atoms with Gasteiger partial charge in [0.15, 0.2) is 9.84 Å². The molecule has 1 fully saturated rings. The topological polar surface area (TPSA) is 77.9 Å². The van der Waals surface area contributed by atoms with Crippen molar-refractivity contribution in [3.63, 3.8) is 0 Å². The van der Waals surface area contributed by atoms with Crippen LogP contribution in [-0.2, 0) is 14.6 Å². The monoisotopic (exact) mass is 388 g/mol. The molecule has 2 aromatic carbocycles. The van der Waals surface area contributed by atoms with E-state index in [1.807, 2.05) is 19.1 Å². The Balaban J connectivity index is 1.52. The van der Waals surface area contributed by atoms with Crippen molar-refractivity contribution in [3.05, 3.63) is 54.1 Å². The number of carbonyl (C=O) groups excluding carboxylic acids is 1. The molecule has 1 amide bonds. The highest BCUT2D eigenvalue weighted by Crippen LogP contribution is 2.20. The fourth-order valence-electron chi connectivity index (χ4n) is 3.12. The van der Waals surface area contributed by atoms with Crippen LogP contribution in [0.15, 0.2) is 53.4 Å². The third kappa shape index (κ3) is 4.80. The number of carbonyl (C=O) groups is 1. The second kappa shape index (κ2) is 8.00. The molecule has 7 heteroatoms. The molecule has 1 aliphatic rings. The summed E-state index contributed by atoms with van der Waals surface area (Å²) in [4.78, 5) is 16.6. The van der Waals surface area contributed by atoms with Crippen LogP contribution in [0.25, 0.3) is 0 Å². The molecular weight excluding hydrogens is 364 g/mol. The Morgan fingerprint density at radius 1 is 0.963 bits per heavy atom. The zero-order chi connectivity index (χ0) is 19.4. The molecule has 1 saturated heterocycles. The van der Waals surface area contributed by atoms with Gasteiger partial charge in [-0.05, 0) is 43.3 Å². The third-order valence-electron chi connectivity index (χ3n) is 4.81. The van der Waals surface area contributed by atoms with E-state index in [2.05, 4.69) is 4.90 Å². The molecular formula is C20H24N2O4S. The average Bonchev–Trinajstić information content (AvgIpc) is 2.67. The van der Waals surface area contributed by atoms with Gasteiger partial charge >= 0.3 is 0 Å². The SMILES string of the molecule is Cc1ccc(S(=O)(=O)CCC(=O)N2CCN(c3ccc(O)cc3)CC2)cc1. The summed E-state index contributed by atoms with van der Waals surface area (Å²) in [7, 11) is -3.45. The average molecular weight is 388 g/mol. The van der Waals surface area contributed by atoms with Crippen molar-refractivity contribution >= 4 is 21.4 Å². The van der Waals surface area contributed by atoms with E-state index in [1.165, 1.54) is 0 Å². The minimum Gasteiger partial charge on any atom is -0.508 e. The van der Waals surface area contributed by atoms with E-state index < -0.39 is 9.84 Å². The first-order valence-corrected chi connectivity index (χ1v) is 10.6. The Morgan fingerprint density at radius 3 is 2.15 bits per heavy atom. The molecule has 0 aromatic heterocycles. The molecule has 2 aromatic rings. The van der Waals surface area contributed by atoms with Gasteiger partial charge in [-0.3, -0.25) is 4.79 Å². The largest absolute Gasteiger partial charge is 0.508 e. The lowest BCUT2D eigenvalue weighted by atomic mass is 10.2. The van der Waals surface area contributed by atoms with Crippen molar-refractivity contribution in [1.82, 2.24) is 4.90 Å². The predicted molar refractivity (Wildman–Crippen MR) is 105 cm³/mol. The molecule has 6 nitrogen and oxygen atoms in total. The molecule has 3 rings (SSSR count). The van der Waals surface area contributed by atoms with Gasteiger partial charge in [-0.25, -0.2) is 8.42 Å². The second-order valence-corrected chi connectivity index (χ2v) is 8.88. The Morgan fingerprint density at radius 2 is 1.56 bits per heavy atom. The van der Waals surface area contributed by atoms with Crippen LogP contribution in [0.2, 0.25) is 0 Å². The van der Waals surface area contributed by atoms with Crippen LogP contribution >= 0.6 is 0 Å². The summed E-state index contributed by atoms with van der Waals surface area (Å²) in [6, 6.07) is 13.7. The Kier molecular flexibility index (Phi) is 5.70. The van der Waals surface area contributed by atoms with Gasteiger partial charge in [0.25, 0.3) is 0 Å². The van der Waals surface area contributed by atoms with Crippen molar-refractivity contribution in [2.75, 3.05) is 36.8 Å². The number of phenolic OH excluding ortho intramolecular Hbond substituents is 1. The van der Waals surface area contributed by atoms with E-state index in [-0.39, 0.29) is 28.7 Å². The number of nitrogens with zero attached hydrogens (tertiary/aromatic N) is 2. The Bertz CT molecular complexity index is 885. The molecule has 1 aliphatic heterocycles. The molecule has 0 saturated carbocycles. The van der Waals surface area contributed by atoms with Gasteiger partial charge in [0.1, 0.15) is 5.75 Å². The fourth-order valence-corrected chi connectivity index (χ4v) is 4.35. The molecule has 1 N–H and O–H groups in total. The van der Waals surface area contributed by atoms with E-state index in [1.54, 1.807) is 41.3 Å². The number of hydrogen-bond acceptors (Lipinski definition) is 5. The van der Waals surface area contributed by atoms with E-state index in [0.717, 1.165) is 11.3 Å². The molecule has 0 aliphatic carbocycles. The van der Waals surface area contributed by atoms with Crippen LogP contribution in [0, 0.1) is 6.92 Å². The van der Waals surface area contributed by atoms with Gasteiger partial charge in [0, 0.05) is 38.3 Å². The number of amides is 1. The highest BCUT2D eigenvalue weighted by Gasteiger charge is 2.23. The molecule has 27 heavy (non-hydrogen) atoms. The lowest BCUT2D eigenvalue weighted by Gasteiger charge is -2.36. The van der Waals surface area contributed by atoms with Crippen molar-refractivity contribution < 1.29 is 18.3 Å². The molecule has 1 heterocycles. The lowest BCUT2D eigenvalue weighted by Crippen LogP contribution is -2.49. The zero-order valence-corrected chi connectivity index (χ0v) is 16.2. The number of aryl methyl sites for hydroxylation is 1. The van der Waals surface area contributed by atoms with Gasteiger partial charge < -0.3 is 14.9 Å². The highest BCUT2D eigenvalue weighted by molar-refractivity contribution is 7.91. The molecule has 0 bridgehead atoms. The first kappa shape index (κ1) is 19.2. The maximum Gasteiger partial charge on any atom is 0.223 e.